The van der Waals surface area contributed by atoms with Gasteiger partial charge in [-0.3, -0.25) is 0 Å². The van der Waals surface area contributed by atoms with Gasteiger partial charge in [-0.05, 0) is 81.8 Å². The van der Waals surface area contributed by atoms with Crippen LogP contribution in [0.15, 0.2) is 18.2 Å². The summed E-state index contributed by atoms with van der Waals surface area (Å²) in [5.74, 6) is 0. The van der Waals surface area contributed by atoms with E-state index in [1.165, 1.54) is 0 Å². The molecule has 190 valence electrons. The number of rotatable bonds is 6. The second kappa shape index (κ2) is 8.60. The standard InChI is InChI=1S/C26H44BNO5Si/c1-23(2,3)34(8,9)31-16-21-11-10-12-28(21)22-14-19(26(29)17-30-18-26)13-20(15-22)27-32-24(4,5)25(6,7)33-27/h13-15,21,29H,10-12,16-18H2,1-9H3/t21-/m0/s1. The largest absolute Gasteiger partial charge is 0.494 e. The SMILES string of the molecule is CC1(C)OB(c2cc(N3CCC[C@H]3CO[Si](C)(C)C(C)(C)C)cc(C3(O)COC3)c2)OC1(C)C. The Hall–Kier alpha value is -0.898. The molecule has 34 heavy (non-hydrogen) atoms. The zero-order valence-electron chi connectivity index (χ0n) is 22.7. The number of aliphatic hydroxyl groups is 1. The number of hydrogen-bond donors (Lipinski definition) is 1. The van der Waals surface area contributed by atoms with Crippen molar-refractivity contribution in [2.24, 2.45) is 0 Å². The first-order valence-corrected chi connectivity index (χ1v) is 15.7. The van der Waals surface area contributed by atoms with Crippen molar-refractivity contribution >= 4 is 26.6 Å². The molecule has 0 spiro atoms. The molecule has 6 nitrogen and oxygen atoms in total. The van der Waals surface area contributed by atoms with Crippen LogP contribution >= 0.6 is 0 Å². The van der Waals surface area contributed by atoms with Gasteiger partial charge in [0.05, 0.1) is 37.1 Å². The van der Waals surface area contributed by atoms with E-state index in [-0.39, 0.29) is 5.04 Å². The molecule has 3 heterocycles. The second-order valence-electron chi connectivity index (χ2n) is 13.0. The zero-order chi connectivity index (χ0) is 25.2. The van der Waals surface area contributed by atoms with Crippen LogP contribution in [0.5, 0.6) is 0 Å². The highest BCUT2D eigenvalue weighted by atomic mass is 28.4. The number of anilines is 1. The van der Waals surface area contributed by atoms with Crippen LogP contribution in [0.25, 0.3) is 0 Å². The predicted molar refractivity (Wildman–Crippen MR) is 140 cm³/mol. The van der Waals surface area contributed by atoms with Gasteiger partial charge in [-0.2, -0.15) is 0 Å². The fraction of sp³-hybridized carbons (Fsp3) is 0.769. The van der Waals surface area contributed by atoms with Crippen molar-refractivity contribution in [3.05, 3.63) is 23.8 Å². The maximum Gasteiger partial charge on any atom is 0.494 e. The predicted octanol–water partition coefficient (Wildman–Crippen LogP) is 4.19. The molecule has 8 heteroatoms. The van der Waals surface area contributed by atoms with Crippen molar-refractivity contribution in [1.82, 2.24) is 0 Å². The van der Waals surface area contributed by atoms with Crippen molar-refractivity contribution in [3.8, 4) is 0 Å². The normalized spacial score (nSPS) is 26.1. The summed E-state index contributed by atoms with van der Waals surface area (Å²) < 4.78 is 24.7. The van der Waals surface area contributed by atoms with Crippen molar-refractivity contribution in [3.63, 3.8) is 0 Å². The minimum Gasteiger partial charge on any atom is -0.415 e. The highest BCUT2D eigenvalue weighted by Gasteiger charge is 2.52. The summed E-state index contributed by atoms with van der Waals surface area (Å²) in [5, 5.41) is 11.3. The van der Waals surface area contributed by atoms with Crippen molar-refractivity contribution in [1.29, 1.82) is 0 Å². The minimum atomic E-state index is -1.83. The van der Waals surface area contributed by atoms with E-state index in [0.717, 1.165) is 42.7 Å². The summed E-state index contributed by atoms with van der Waals surface area (Å²) in [4.78, 5) is 2.45. The van der Waals surface area contributed by atoms with Gasteiger partial charge in [0.2, 0.25) is 0 Å². The van der Waals surface area contributed by atoms with E-state index in [1.54, 1.807) is 0 Å². The molecule has 0 radical (unpaired) electrons. The van der Waals surface area contributed by atoms with Crippen molar-refractivity contribution in [2.45, 2.75) is 102 Å². The smallest absolute Gasteiger partial charge is 0.415 e. The van der Waals surface area contributed by atoms with E-state index < -0.39 is 32.2 Å². The van der Waals surface area contributed by atoms with Crippen molar-refractivity contribution in [2.75, 3.05) is 31.3 Å². The Balaban J connectivity index is 1.63. The lowest BCUT2D eigenvalue weighted by Crippen LogP contribution is -2.48. The monoisotopic (exact) mass is 489 g/mol. The summed E-state index contributed by atoms with van der Waals surface area (Å²) >= 11 is 0. The molecule has 1 aromatic rings. The summed E-state index contributed by atoms with van der Waals surface area (Å²) in [6.45, 7) is 22.1. The Morgan fingerprint density at radius 2 is 1.71 bits per heavy atom. The fourth-order valence-electron chi connectivity index (χ4n) is 4.52. The first kappa shape index (κ1) is 26.2. The molecule has 3 aliphatic heterocycles. The summed E-state index contributed by atoms with van der Waals surface area (Å²) in [6.07, 6.45) is 2.24. The highest BCUT2D eigenvalue weighted by Crippen LogP contribution is 2.40. The first-order chi connectivity index (χ1) is 15.5. The Morgan fingerprint density at radius 3 is 2.24 bits per heavy atom. The van der Waals surface area contributed by atoms with Crippen LogP contribution in [0.3, 0.4) is 0 Å². The molecule has 0 saturated carbocycles. The lowest BCUT2D eigenvalue weighted by Gasteiger charge is -2.39. The van der Waals surface area contributed by atoms with Crippen LogP contribution in [0.1, 0.15) is 66.9 Å². The average molecular weight is 490 g/mol. The fourth-order valence-corrected chi connectivity index (χ4v) is 5.56. The second-order valence-corrected chi connectivity index (χ2v) is 17.8. The molecule has 1 atom stereocenters. The Morgan fingerprint density at radius 1 is 1.09 bits per heavy atom. The van der Waals surface area contributed by atoms with E-state index in [1.807, 2.05) is 6.07 Å². The maximum atomic E-state index is 11.1. The van der Waals surface area contributed by atoms with Crippen LogP contribution in [0, 0.1) is 0 Å². The van der Waals surface area contributed by atoms with Gasteiger partial charge in [-0.25, -0.2) is 0 Å². The molecule has 0 bridgehead atoms. The number of benzene rings is 1. The molecule has 0 aliphatic carbocycles. The first-order valence-electron chi connectivity index (χ1n) is 12.8. The van der Waals surface area contributed by atoms with Crippen LogP contribution in [-0.4, -0.2) is 64.2 Å². The van der Waals surface area contributed by atoms with Crippen LogP contribution in [-0.2, 0) is 24.1 Å². The van der Waals surface area contributed by atoms with Gasteiger partial charge in [0.1, 0.15) is 5.60 Å². The third kappa shape index (κ3) is 4.74. The van der Waals surface area contributed by atoms with Gasteiger partial charge < -0.3 is 28.5 Å². The van der Waals surface area contributed by atoms with Crippen LogP contribution in [0.4, 0.5) is 5.69 Å². The maximum absolute atomic E-state index is 11.1. The van der Waals surface area contributed by atoms with Crippen molar-refractivity contribution < 1.29 is 23.6 Å². The van der Waals surface area contributed by atoms with Gasteiger partial charge in [-0.15, -0.1) is 0 Å². The topological polar surface area (TPSA) is 60.4 Å². The van der Waals surface area contributed by atoms with Gasteiger partial charge in [0, 0.05) is 12.2 Å². The van der Waals surface area contributed by atoms with E-state index >= 15 is 0 Å². The molecule has 1 aromatic carbocycles. The summed E-state index contributed by atoms with van der Waals surface area (Å²) in [6, 6.07) is 6.66. The molecule has 3 aliphatic rings. The van der Waals surface area contributed by atoms with Gasteiger partial charge in [-0.1, -0.05) is 26.8 Å². The van der Waals surface area contributed by atoms with E-state index in [9.17, 15) is 5.11 Å². The van der Waals surface area contributed by atoms with Gasteiger partial charge in [0.15, 0.2) is 8.32 Å². The minimum absolute atomic E-state index is 0.188. The number of hydrogen-bond acceptors (Lipinski definition) is 6. The van der Waals surface area contributed by atoms with Gasteiger partial charge in [0.25, 0.3) is 0 Å². The van der Waals surface area contributed by atoms with E-state index in [4.69, 9.17) is 18.5 Å². The van der Waals surface area contributed by atoms with Crippen LogP contribution < -0.4 is 10.4 Å². The molecule has 3 fully saturated rings. The molecule has 0 aromatic heterocycles. The Labute approximate surface area is 207 Å². The van der Waals surface area contributed by atoms with Gasteiger partial charge >= 0.3 is 7.12 Å². The molecule has 3 saturated heterocycles. The van der Waals surface area contributed by atoms with E-state index in [2.05, 4.69) is 78.6 Å². The lowest BCUT2D eigenvalue weighted by molar-refractivity contribution is -0.184. The zero-order valence-corrected chi connectivity index (χ0v) is 23.7. The quantitative estimate of drug-likeness (QED) is 0.605. The summed E-state index contributed by atoms with van der Waals surface area (Å²) in [7, 11) is -2.30. The molecular formula is C26H44BNO5Si. The third-order valence-electron chi connectivity index (χ3n) is 8.84. The Bertz CT molecular complexity index is 893. The molecule has 0 amide bonds. The molecular weight excluding hydrogens is 445 g/mol. The Kier molecular flexibility index (Phi) is 6.62. The number of ether oxygens (including phenoxy) is 1. The summed E-state index contributed by atoms with van der Waals surface area (Å²) in [5.41, 5.74) is 1.12. The molecule has 0 unspecified atom stereocenters. The average Bonchev–Trinajstić information content (AvgIpc) is 3.25. The lowest BCUT2D eigenvalue weighted by atomic mass is 9.76. The molecule has 4 rings (SSSR count). The van der Waals surface area contributed by atoms with Crippen LogP contribution in [0.2, 0.25) is 18.1 Å². The van der Waals surface area contributed by atoms with E-state index in [0.29, 0.717) is 19.3 Å². The highest BCUT2D eigenvalue weighted by molar-refractivity contribution is 6.74. The third-order valence-corrected chi connectivity index (χ3v) is 13.3. The molecule has 1 N–H and O–H groups in total. The number of nitrogens with zero attached hydrogens (tertiary/aromatic N) is 1.